The lowest BCUT2D eigenvalue weighted by atomic mass is 10.1. The molecule has 0 saturated heterocycles. The van der Waals surface area contributed by atoms with Crippen LogP contribution in [0.5, 0.6) is 5.75 Å². The summed E-state index contributed by atoms with van der Waals surface area (Å²) >= 11 is 0.685. The smallest absolute Gasteiger partial charge is 0.349 e. The van der Waals surface area contributed by atoms with Crippen LogP contribution in [-0.4, -0.2) is 23.9 Å². The number of methoxy groups -OCH3 is 1. The molecular weight excluding hydrogens is 396 g/mol. The SMILES string of the molecule is COc1cccc(NC(=O)[C@@H](OC(=O)c2ccc([N+](=O)[O-])s2)c2ccccc2)c1. The molecule has 0 unspecified atom stereocenters. The van der Waals surface area contributed by atoms with Crippen LogP contribution >= 0.6 is 11.3 Å². The molecule has 0 radical (unpaired) electrons. The van der Waals surface area contributed by atoms with Crippen molar-refractivity contribution in [1.82, 2.24) is 0 Å². The lowest BCUT2D eigenvalue weighted by molar-refractivity contribution is -0.380. The fourth-order valence-electron chi connectivity index (χ4n) is 2.51. The number of thiophene rings is 1. The third-order valence-corrected chi connectivity index (χ3v) is 4.89. The molecule has 8 nitrogen and oxygen atoms in total. The van der Waals surface area contributed by atoms with E-state index < -0.39 is 22.9 Å². The van der Waals surface area contributed by atoms with Gasteiger partial charge in [0.1, 0.15) is 10.6 Å². The third-order valence-electron chi connectivity index (χ3n) is 3.88. The molecule has 29 heavy (non-hydrogen) atoms. The average Bonchev–Trinajstić information content (AvgIpc) is 3.23. The summed E-state index contributed by atoms with van der Waals surface area (Å²) in [4.78, 5) is 35.6. The fraction of sp³-hybridized carbons (Fsp3) is 0.100. The van der Waals surface area contributed by atoms with E-state index in [9.17, 15) is 19.7 Å². The Balaban J connectivity index is 1.83. The van der Waals surface area contributed by atoms with Gasteiger partial charge in [0.15, 0.2) is 0 Å². The molecule has 1 heterocycles. The van der Waals surface area contributed by atoms with E-state index in [1.54, 1.807) is 54.6 Å². The van der Waals surface area contributed by atoms with Crippen LogP contribution in [0.15, 0.2) is 66.7 Å². The number of hydrogen-bond donors (Lipinski definition) is 1. The van der Waals surface area contributed by atoms with Gasteiger partial charge in [0.25, 0.3) is 5.91 Å². The molecule has 9 heteroatoms. The summed E-state index contributed by atoms with van der Waals surface area (Å²) in [6.07, 6.45) is -1.24. The number of hydrogen-bond acceptors (Lipinski definition) is 7. The van der Waals surface area contributed by atoms with Gasteiger partial charge in [0.2, 0.25) is 6.10 Å². The quantitative estimate of drug-likeness (QED) is 0.354. The number of esters is 1. The van der Waals surface area contributed by atoms with Crippen LogP contribution < -0.4 is 10.1 Å². The van der Waals surface area contributed by atoms with Gasteiger partial charge in [-0.1, -0.05) is 47.7 Å². The van der Waals surface area contributed by atoms with Crippen LogP contribution in [0.2, 0.25) is 0 Å². The number of anilines is 1. The molecule has 0 aliphatic heterocycles. The van der Waals surface area contributed by atoms with E-state index in [0.717, 1.165) is 0 Å². The molecule has 1 amide bonds. The fourth-order valence-corrected chi connectivity index (χ4v) is 3.21. The lowest BCUT2D eigenvalue weighted by Gasteiger charge is -2.18. The summed E-state index contributed by atoms with van der Waals surface area (Å²) in [6.45, 7) is 0. The van der Waals surface area contributed by atoms with Gasteiger partial charge in [-0.05, 0) is 18.2 Å². The van der Waals surface area contributed by atoms with E-state index in [-0.39, 0.29) is 9.88 Å². The van der Waals surface area contributed by atoms with Crippen LogP contribution in [0, 0.1) is 10.1 Å². The number of benzene rings is 2. The Morgan fingerprint density at radius 1 is 1.07 bits per heavy atom. The van der Waals surface area contributed by atoms with E-state index in [4.69, 9.17) is 9.47 Å². The van der Waals surface area contributed by atoms with Gasteiger partial charge in [0, 0.05) is 23.4 Å². The predicted molar refractivity (Wildman–Crippen MR) is 107 cm³/mol. The molecule has 0 saturated carbocycles. The summed E-state index contributed by atoms with van der Waals surface area (Å²) in [7, 11) is 1.51. The molecule has 3 rings (SSSR count). The highest BCUT2D eigenvalue weighted by Crippen LogP contribution is 2.28. The number of carbonyl (C=O) groups excluding carboxylic acids is 2. The maximum atomic E-state index is 12.9. The van der Waals surface area contributed by atoms with Gasteiger partial charge >= 0.3 is 11.0 Å². The number of amides is 1. The van der Waals surface area contributed by atoms with E-state index in [1.807, 2.05) is 0 Å². The average molecular weight is 412 g/mol. The zero-order chi connectivity index (χ0) is 20.8. The maximum absolute atomic E-state index is 12.9. The van der Waals surface area contributed by atoms with Crippen molar-refractivity contribution in [2.45, 2.75) is 6.10 Å². The van der Waals surface area contributed by atoms with Gasteiger partial charge in [-0.15, -0.1) is 0 Å². The molecule has 1 atom stereocenters. The monoisotopic (exact) mass is 412 g/mol. The standard InChI is InChI=1S/C20H16N2O6S/c1-27-15-9-5-8-14(12-15)21-19(23)18(13-6-3-2-4-7-13)28-20(24)16-10-11-17(29-16)22(25)26/h2-12,18H,1H3,(H,21,23)/t18-/m0/s1. The number of carbonyl (C=O) groups is 2. The molecule has 0 aliphatic rings. The summed E-state index contributed by atoms with van der Waals surface area (Å²) in [6, 6.07) is 17.8. The van der Waals surface area contributed by atoms with Crippen molar-refractivity contribution < 1.29 is 24.0 Å². The second-order valence-electron chi connectivity index (χ2n) is 5.81. The van der Waals surface area contributed by atoms with Crippen LogP contribution in [0.3, 0.4) is 0 Å². The number of nitro groups is 1. The highest BCUT2D eigenvalue weighted by atomic mass is 32.1. The highest BCUT2D eigenvalue weighted by molar-refractivity contribution is 7.17. The lowest BCUT2D eigenvalue weighted by Crippen LogP contribution is -2.25. The zero-order valence-corrected chi connectivity index (χ0v) is 16.0. The number of rotatable bonds is 7. The van der Waals surface area contributed by atoms with Crippen LogP contribution in [0.25, 0.3) is 0 Å². The molecular formula is C20H16N2O6S. The van der Waals surface area contributed by atoms with Gasteiger partial charge in [0.05, 0.1) is 12.0 Å². The van der Waals surface area contributed by atoms with E-state index in [0.29, 0.717) is 28.3 Å². The number of ether oxygens (including phenoxy) is 2. The molecule has 1 N–H and O–H groups in total. The summed E-state index contributed by atoms with van der Waals surface area (Å²) in [5.41, 5.74) is 0.936. The molecule has 148 valence electrons. The Bertz CT molecular complexity index is 1030. The van der Waals surface area contributed by atoms with Gasteiger partial charge in [-0.2, -0.15) is 0 Å². The van der Waals surface area contributed by atoms with Gasteiger partial charge < -0.3 is 14.8 Å². The Labute approximate surface area is 169 Å². The number of nitrogens with zero attached hydrogens (tertiary/aromatic N) is 1. The van der Waals surface area contributed by atoms with Gasteiger partial charge in [-0.3, -0.25) is 14.9 Å². The van der Waals surface area contributed by atoms with E-state index in [1.165, 1.54) is 19.2 Å². The minimum absolute atomic E-state index is 0.0341. The first-order valence-corrected chi connectivity index (χ1v) is 9.24. The summed E-state index contributed by atoms with van der Waals surface area (Å²) < 4.78 is 10.5. The second kappa shape index (κ2) is 8.98. The van der Waals surface area contributed by atoms with Crippen molar-refractivity contribution in [2.24, 2.45) is 0 Å². The van der Waals surface area contributed by atoms with Crippen molar-refractivity contribution in [1.29, 1.82) is 0 Å². The van der Waals surface area contributed by atoms with Crippen molar-refractivity contribution >= 4 is 33.9 Å². The Kier molecular flexibility index (Phi) is 6.20. The summed E-state index contributed by atoms with van der Waals surface area (Å²) in [5, 5.41) is 13.3. The molecule has 2 aromatic carbocycles. The van der Waals surface area contributed by atoms with Gasteiger partial charge in [-0.25, -0.2) is 4.79 Å². The van der Waals surface area contributed by atoms with Crippen LogP contribution in [-0.2, 0) is 9.53 Å². The maximum Gasteiger partial charge on any atom is 0.349 e. The van der Waals surface area contributed by atoms with Crippen molar-refractivity contribution in [3.63, 3.8) is 0 Å². The molecule has 1 aromatic heterocycles. The van der Waals surface area contributed by atoms with E-state index >= 15 is 0 Å². The van der Waals surface area contributed by atoms with Crippen molar-refractivity contribution in [2.75, 3.05) is 12.4 Å². The first-order valence-electron chi connectivity index (χ1n) is 8.43. The third kappa shape index (κ3) is 4.96. The molecule has 0 fully saturated rings. The van der Waals surface area contributed by atoms with Crippen LogP contribution in [0.4, 0.5) is 10.7 Å². The molecule has 0 bridgehead atoms. The Morgan fingerprint density at radius 2 is 1.83 bits per heavy atom. The number of nitrogens with one attached hydrogen (secondary N) is 1. The molecule has 3 aromatic rings. The first-order chi connectivity index (χ1) is 14.0. The largest absolute Gasteiger partial charge is 0.497 e. The topological polar surface area (TPSA) is 108 Å². The Hall–Kier alpha value is -3.72. The minimum Gasteiger partial charge on any atom is -0.497 e. The second-order valence-corrected chi connectivity index (χ2v) is 6.87. The Morgan fingerprint density at radius 3 is 2.48 bits per heavy atom. The zero-order valence-electron chi connectivity index (χ0n) is 15.2. The first kappa shape index (κ1) is 20.0. The highest BCUT2D eigenvalue weighted by Gasteiger charge is 2.27. The predicted octanol–water partition coefficient (Wildman–Crippen LogP) is 4.20. The van der Waals surface area contributed by atoms with Crippen molar-refractivity contribution in [3.8, 4) is 5.75 Å². The molecule has 0 spiro atoms. The van der Waals surface area contributed by atoms with Crippen molar-refractivity contribution in [3.05, 3.63) is 87.3 Å². The van der Waals surface area contributed by atoms with Crippen LogP contribution in [0.1, 0.15) is 21.3 Å². The summed E-state index contributed by atoms with van der Waals surface area (Å²) in [5.74, 6) is -0.830. The minimum atomic E-state index is -1.24. The normalized spacial score (nSPS) is 11.3. The van der Waals surface area contributed by atoms with E-state index in [2.05, 4.69) is 5.32 Å². The molecule has 0 aliphatic carbocycles.